The van der Waals surface area contributed by atoms with Gasteiger partial charge in [0.2, 0.25) is 0 Å². The van der Waals surface area contributed by atoms with Gasteiger partial charge in [0.1, 0.15) is 6.54 Å². The second-order valence-corrected chi connectivity index (χ2v) is 5.26. The Hall–Kier alpha value is -2.40. The van der Waals surface area contributed by atoms with Crippen molar-refractivity contribution in [2.75, 3.05) is 18.1 Å². The number of carbonyl (C=O) groups is 1. The molecule has 0 spiro atoms. The lowest BCUT2D eigenvalue weighted by atomic mass is 10.2. The van der Waals surface area contributed by atoms with Gasteiger partial charge in [0.05, 0.1) is 6.61 Å². The zero-order valence-electron chi connectivity index (χ0n) is 13.1. The Morgan fingerprint density at radius 1 is 1.09 bits per heavy atom. The van der Waals surface area contributed by atoms with Crippen molar-refractivity contribution >= 4 is 29.0 Å². The van der Waals surface area contributed by atoms with Gasteiger partial charge in [-0.1, -0.05) is 48.5 Å². The predicted molar refractivity (Wildman–Crippen MR) is 96.3 cm³/mol. The number of nitrogens with zero attached hydrogens (tertiary/aromatic N) is 1. The van der Waals surface area contributed by atoms with Crippen molar-refractivity contribution in [3.63, 3.8) is 0 Å². The summed E-state index contributed by atoms with van der Waals surface area (Å²) in [6.45, 7) is 2.83. The summed E-state index contributed by atoms with van der Waals surface area (Å²) in [6.07, 6.45) is 0. The number of para-hydroxylation sites is 1. The summed E-state index contributed by atoms with van der Waals surface area (Å²) in [4.78, 5) is 13.6. The van der Waals surface area contributed by atoms with Gasteiger partial charge >= 0.3 is 5.97 Å². The first-order valence-corrected chi connectivity index (χ1v) is 7.91. The van der Waals surface area contributed by atoms with E-state index in [-0.39, 0.29) is 12.5 Å². The Morgan fingerprint density at radius 3 is 2.30 bits per heavy atom. The fraction of sp³-hybridized carbons (Fsp3) is 0.222. The highest BCUT2D eigenvalue weighted by molar-refractivity contribution is 7.80. The predicted octanol–water partition coefficient (Wildman–Crippen LogP) is 3.13. The van der Waals surface area contributed by atoms with Gasteiger partial charge in [-0.2, -0.15) is 0 Å². The summed E-state index contributed by atoms with van der Waals surface area (Å²) < 4.78 is 5.04. The van der Waals surface area contributed by atoms with Crippen molar-refractivity contribution in [1.29, 1.82) is 0 Å². The van der Waals surface area contributed by atoms with Crippen molar-refractivity contribution < 1.29 is 9.53 Å². The van der Waals surface area contributed by atoms with Gasteiger partial charge in [-0.3, -0.25) is 4.79 Å². The van der Waals surface area contributed by atoms with Crippen LogP contribution in [0.5, 0.6) is 0 Å². The Labute approximate surface area is 142 Å². The summed E-state index contributed by atoms with van der Waals surface area (Å²) in [5.41, 5.74) is 1.98. The van der Waals surface area contributed by atoms with Gasteiger partial charge in [-0.25, -0.2) is 0 Å². The molecule has 0 aromatic heterocycles. The van der Waals surface area contributed by atoms with Crippen molar-refractivity contribution in [3.8, 4) is 0 Å². The SMILES string of the molecule is CCOC(=O)CN(C(=S)NCc1ccccc1)c1ccccc1. The van der Waals surface area contributed by atoms with E-state index in [1.54, 1.807) is 11.8 Å². The van der Waals surface area contributed by atoms with Crippen LogP contribution in [0.1, 0.15) is 12.5 Å². The van der Waals surface area contributed by atoms with Crippen molar-refractivity contribution in [3.05, 3.63) is 66.2 Å². The second-order valence-electron chi connectivity index (χ2n) is 4.87. The van der Waals surface area contributed by atoms with Crippen LogP contribution in [0.25, 0.3) is 0 Å². The minimum Gasteiger partial charge on any atom is -0.465 e. The zero-order chi connectivity index (χ0) is 16.5. The molecule has 0 aliphatic carbocycles. The Kier molecular flexibility index (Phi) is 6.56. The number of hydrogen-bond donors (Lipinski definition) is 1. The van der Waals surface area contributed by atoms with E-state index < -0.39 is 0 Å². The van der Waals surface area contributed by atoms with E-state index in [2.05, 4.69) is 5.32 Å². The first-order chi connectivity index (χ1) is 11.2. The number of carbonyl (C=O) groups excluding carboxylic acids is 1. The lowest BCUT2D eigenvalue weighted by Gasteiger charge is -2.25. The number of rotatable bonds is 6. The average molecular weight is 328 g/mol. The van der Waals surface area contributed by atoms with E-state index in [0.29, 0.717) is 18.3 Å². The Morgan fingerprint density at radius 2 is 1.70 bits per heavy atom. The van der Waals surface area contributed by atoms with E-state index in [4.69, 9.17) is 17.0 Å². The molecule has 0 heterocycles. The largest absolute Gasteiger partial charge is 0.465 e. The molecule has 0 saturated heterocycles. The quantitative estimate of drug-likeness (QED) is 0.652. The maximum Gasteiger partial charge on any atom is 0.326 e. The fourth-order valence-corrected chi connectivity index (χ4v) is 2.34. The van der Waals surface area contributed by atoms with Gasteiger partial charge < -0.3 is 15.0 Å². The third-order valence-corrected chi connectivity index (χ3v) is 3.56. The summed E-state index contributed by atoms with van der Waals surface area (Å²) >= 11 is 5.47. The highest BCUT2D eigenvalue weighted by Gasteiger charge is 2.16. The third-order valence-electron chi connectivity index (χ3n) is 3.19. The standard InChI is InChI=1S/C18H20N2O2S/c1-2-22-17(21)14-20(16-11-7-4-8-12-16)18(23)19-13-15-9-5-3-6-10-15/h3-12H,2,13-14H2,1H3,(H,19,23). The maximum absolute atomic E-state index is 11.9. The van der Waals surface area contributed by atoms with Crippen molar-refractivity contribution in [1.82, 2.24) is 5.32 Å². The van der Waals surface area contributed by atoms with Crippen LogP contribution < -0.4 is 10.2 Å². The fourth-order valence-electron chi connectivity index (χ4n) is 2.09. The lowest BCUT2D eigenvalue weighted by Crippen LogP contribution is -2.43. The Bertz CT molecular complexity index is 632. The van der Waals surface area contributed by atoms with Gasteiger partial charge in [0, 0.05) is 12.2 Å². The highest BCUT2D eigenvalue weighted by atomic mass is 32.1. The first-order valence-electron chi connectivity index (χ1n) is 7.50. The number of benzene rings is 2. The summed E-state index contributed by atoms with van der Waals surface area (Å²) in [5.74, 6) is -0.305. The average Bonchev–Trinajstić information content (AvgIpc) is 2.59. The normalized spacial score (nSPS) is 9.96. The van der Waals surface area contributed by atoms with E-state index in [1.807, 2.05) is 60.7 Å². The van der Waals surface area contributed by atoms with E-state index in [9.17, 15) is 4.79 Å². The van der Waals surface area contributed by atoms with Gasteiger partial charge in [0.25, 0.3) is 0 Å². The van der Waals surface area contributed by atoms with Crippen LogP contribution in [-0.4, -0.2) is 24.2 Å². The van der Waals surface area contributed by atoms with E-state index >= 15 is 0 Å². The minimum atomic E-state index is -0.305. The molecule has 0 radical (unpaired) electrons. The van der Waals surface area contributed by atoms with Crippen LogP contribution >= 0.6 is 12.2 Å². The Balaban J connectivity index is 2.06. The van der Waals surface area contributed by atoms with Crippen LogP contribution in [0.4, 0.5) is 5.69 Å². The van der Waals surface area contributed by atoms with E-state index in [1.165, 1.54) is 0 Å². The van der Waals surface area contributed by atoms with Crippen LogP contribution in [-0.2, 0) is 16.1 Å². The number of nitrogens with one attached hydrogen (secondary N) is 1. The minimum absolute atomic E-state index is 0.0818. The first kappa shape index (κ1) is 17.0. The molecule has 0 amide bonds. The van der Waals surface area contributed by atoms with Crippen molar-refractivity contribution in [2.24, 2.45) is 0 Å². The molecule has 2 rings (SSSR count). The number of hydrogen-bond acceptors (Lipinski definition) is 3. The van der Waals surface area contributed by atoms with Gasteiger partial charge in [-0.15, -0.1) is 0 Å². The van der Waals surface area contributed by atoms with Crippen LogP contribution in [0.3, 0.4) is 0 Å². The van der Waals surface area contributed by atoms with Crippen LogP contribution in [0.15, 0.2) is 60.7 Å². The van der Waals surface area contributed by atoms with Crippen molar-refractivity contribution in [2.45, 2.75) is 13.5 Å². The summed E-state index contributed by atoms with van der Waals surface area (Å²) in [7, 11) is 0. The number of thiocarbonyl (C=S) groups is 1. The molecule has 0 aliphatic rings. The molecule has 0 atom stereocenters. The number of ether oxygens (including phenoxy) is 1. The molecular formula is C18H20N2O2S. The van der Waals surface area contributed by atoms with Crippen LogP contribution in [0.2, 0.25) is 0 Å². The zero-order valence-corrected chi connectivity index (χ0v) is 13.9. The van der Waals surface area contributed by atoms with Crippen LogP contribution in [0, 0.1) is 0 Å². The maximum atomic E-state index is 11.9. The third kappa shape index (κ3) is 5.38. The van der Waals surface area contributed by atoms with Gasteiger partial charge in [0.15, 0.2) is 5.11 Å². The summed E-state index contributed by atoms with van der Waals surface area (Å²) in [5, 5.41) is 3.69. The monoisotopic (exact) mass is 328 g/mol. The molecule has 1 N–H and O–H groups in total. The molecular weight excluding hydrogens is 308 g/mol. The molecule has 0 bridgehead atoms. The molecule has 4 nitrogen and oxygen atoms in total. The van der Waals surface area contributed by atoms with Gasteiger partial charge in [-0.05, 0) is 36.8 Å². The molecule has 0 aliphatic heterocycles. The highest BCUT2D eigenvalue weighted by Crippen LogP contribution is 2.14. The number of anilines is 1. The number of esters is 1. The lowest BCUT2D eigenvalue weighted by molar-refractivity contribution is -0.141. The van der Waals surface area contributed by atoms with E-state index in [0.717, 1.165) is 11.3 Å². The molecule has 0 saturated carbocycles. The summed E-state index contributed by atoms with van der Waals surface area (Å²) in [6, 6.07) is 19.5. The smallest absolute Gasteiger partial charge is 0.326 e. The molecule has 120 valence electrons. The molecule has 0 fully saturated rings. The molecule has 23 heavy (non-hydrogen) atoms. The molecule has 5 heteroatoms. The molecule has 2 aromatic rings. The topological polar surface area (TPSA) is 41.6 Å². The molecule has 2 aromatic carbocycles. The molecule has 0 unspecified atom stereocenters. The second kappa shape index (κ2) is 8.90.